The van der Waals surface area contributed by atoms with Crippen molar-refractivity contribution in [1.82, 2.24) is 15.5 Å². The predicted molar refractivity (Wildman–Crippen MR) is 60.1 cm³/mol. The van der Waals surface area contributed by atoms with E-state index in [0.29, 0.717) is 5.75 Å². The van der Waals surface area contributed by atoms with Crippen LogP contribution < -0.4 is 5.32 Å². The second-order valence-electron chi connectivity index (χ2n) is 3.03. The molecule has 0 aliphatic carbocycles. The average Bonchev–Trinajstić information content (AvgIpc) is 2.61. The molecule has 0 radical (unpaired) electrons. The van der Waals surface area contributed by atoms with Crippen LogP contribution in [0.1, 0.15) is 11.9 Å². The van der Waals surface area contributed by atoms with Crippen molar-refractivity contribution in [2.75, 3.05) is 12.4 Å². The molecular formula is C8H13N3O2S2. The Kier molecular flexibility index (Phi) is 5.00. The van der Waals surface area contributed by atoms with E-state index in [1.54, 1.807) is 6.92 Å². The number of nitrogens with zero attached hydrogens (tertiary/aromatic N) is 2. The second kappa shape index (κ2) is 6.04. The molecule has 0 aromatic carbocycles. The number of rotatable bonds is 5. The van der Waals surface area contributed by atoms with Crippen LogP contribution in [-0.2, 0) is 4.79 Å². The van der Waals surface area contributed by atoms with Gasteiger partial charge in [0, 0.05) is 6.04 Å². The van der Waals surface area contributed by atoms with Crippen LogP contribution in [-0.4, -0.2) is 39.6 Å². The normalized spacial score (nSPS) is 12.5. The first-order valence-electron chi connectivity index (χ1n) is 4.45. The van der Waals surface area contributed by atoms with Gasteiger partial charge in [-0.05, 0) is 13.8 Å². The fourth-order valence-electron chi connectivity index (χ4n) is 0.826. The van der Waals surface area contributed by atoms with Gasteiger partial charge in [0.1, 0.15) is 5.01 Å². The van der Waals surface area contributed by atoms with Gasteiger partial charge in [0.25, 0.3) is 0 Å². The average molecular weight is 247 g/mol. The Bertz CT molecular complexity index is 329. The van der Waals surface area contributed by atoms with Crippen LogP contribution in [0.25, 0.3) is 0 Å². The van der Waals surface area contributed by atoms with Gasteiger partial charge in [0.2, 0.25) is 5.91 Å². The van der Waals surface area contributed by atoms with Crippen molar-refractivity contribution < 1.29 is 9.90 Å². The predicted octanol–water partition coefficient (Wildman–Crippen LogP) is 0.436. The van der Waals surface area contributed by atoms with Crippen LogP contribution in [0, 0.1) is 6.92 Å². The Morgan fingerprint density at radius 3 is 2.93 bits per heavy atom. The summed E-state index contributed by atoms with van der Waals surface area (Å²) < 4.78 is 0.791. The summed E-state index contributed by atoms with van der Waals surface area (Å²) in [7, 11) is 0. The SMILES string of the molecule is Cc1nnc(SCC(=O)N[C@@H](C)CO)s1. The Balaban J connectivity index is 2.28. The molecule has 0 saturated heterocycles. The molecule has 0 aliphatic rings. The second-order valence-corrected chi connectivity index (χ2v) is 5.43. The van der Waals surface area contributed by atoms with E-state index in [9.17, 15) is 4.79 Å². The number of thioether (sulfide) groups is 1. The highest BCUT2D eigenvalue weighted by molar-refractivity contribution is 8.01. The number of aryl methyl sites for hydroxylation is 1. The number of hydrogen-bond donors (Lipinski definition) is 2. The number of carbonyl (C=O) groups excluding carboxylic acids is 1. The molecular weight excluding hydrogens is 234 g/mol. The zero-order valence-electron chi connectivity index (χ0n) is 8.56. The summed E-state index contributed by atoms with van der Waals surface area (Å²) in [5.74, 6) is 0.202. The number of aliphatic hydroxyl groups excluding tert-OH is 1. The summed E-state index contributed by atoms with van der Waals surface area (Å²) in [6.07, 6.45) is 0. The van der Waals surface area contributed by atoms with Crippen molar-refractivity contribution in [1.29, 1.82) is 0 Å². The first-order chi connectivity index (χ1) is 7.11. The first kappa shape index (κ1) is 12.4. The molecule has 84 valence electrons. The third-order valence-corrected chi connectivity index (χ3v) is 3.49. The number of aromatic nitrogens is 2. The van der Waals surface area contributed by atoms with Gasteiger partial charge in [0.05, 0.1) is 12.4 Å². The van der Waals surface area contributed by atoms with Gasteiger partial charge in [0.15, 0.2) is 4.34 Å². The largest absolute Gasteiger partial charge is 0.394 e. The summed E-state index contributed by atoms with van der Waals surface area (Å²) in [4.78, 5) is 11.3. The van der Waals surface area contributed by atoms with Gasteiger partial charge in [-0.2, -0.15) is 0 Å². The monoisotopic (exact) mass is 247 g/mol. The maximum absolute atomic E-state index is 11.3. The van der Waals surface area contributed by atoms with Gasteiger partial charge in [-0.1, -0.05) is 23.1 Å². The van der Waals surface area contributed by atoms with E-state index in [1.165, 1.54) is 23.1 Å². The standard InChI is InChI=1S/C8H13N3O2S2/c1-5(3-12)9-7(13)4-14-8-11-10-6(2)15-8/h5,12H,3-4H2,1-2H3,(H,9,13)/t5-/m0/s1. The highest BCUT2D eigenvalue weighted by Crippen LogP contribution is 2.21. The van der Waals surface area contributed by atoms with Crippen LogP contribution in [0.2, 0.25) is 0 Å². The third-order valence-electron chi connectivity index (χ3n) is 1.52. The van der Waals surface area contributed by atoms with E-state index >= 15 is 0 Å². The minimum Gasteiger partial charge on any atom is -0.394 e. The zero-order valence-corrected chi connectivity index (χ0v) is 10.2. The van der Waals surface area contributed by atoms with E-state index in [2.05, 4.69) is 15.5 Å². The minimum atomic E-state index is -0.200. The van der Waals surface area contributed by atoms with Crippen LogP contribution in [0.5, 0.6) is 0 Å². The fraction of sp³-hybridized carbons (Fsp3) is 0.625. The van der Waals surface area contributed by atoms with Gasteiger partial charge in [-0.3, -0.25) is 4.79 Å². The van der Waals surface area contributed by atoms with Crippen molar-refractivity contribution in [3.8, 4) is 0 Å². The van der Waals surface area contributed by atoms with Crippen LogP contribution >= 0.6 is 23.1 Å². The van der Waals surface area contributed by atoms with Gasteiger partial charge in [-0.15, -0.1) is 10.2 Å². The Labute approximate surface area is 96.3 Å². The smallest absolute Gasteiger partial charge is 0.230 e. The molecule has 0 aliphatic heterocycles. The van der Waals surface area contributed by atoms with Crippen molar-refractivity contribution in [2.45, 2.75) is 24.2 Å². The maximum Gasteiger partial charge on any atom is 0.230 e. The molecule has 1 aromatic heterocycles. The lowest BCUT2D eigenvalue weighted by molar-refractivity contribution is -0.119. The van der Waals surface area contributed by atoms with E-state index in [-0.39, 0.29) is 18.6 Å². The molecule has 15 heavy (non-hydrogen) atoms. The van der Waals surface area contributed by atoms with Crippen LogP contribution in [0.3, 0.4) is 0 Å². The molecule has 0 fully saturated rings. The van der Waals surface area contributed by atoms with Crippen molar-refractivity contribution in [2.24, 2.45) is 0 Å². The van der Waals surface area contributed by atoms with Gasteiger partial charge in [-0.25, -0.2) is 0 Å². The number of aliphatic hydroxyl groups is 1. The molecule has 0 spiro atoms. The maximum atomic E-state index is 11.3. The first-order valence-corrected chi connectivity index (χ1v) is 6.25. The molecule has 1 amide bonds. The molecule has 1 aromatic rings. The molecule has 2 N–H and O–H groups in total. The number of hydrogen-bond acceptors (Lipinski definition) is 6. The molecule has 0 bridgehead atoms. The summed E-state index contributed by atoms with van der Waals surface area (Å²) in [5.41, 5.74) is 0. The van der Waals surface area contributed by atoms with E-state index < -0.39 is 0 Å². The lowest BCUT2D eigenvalue weighted by Crippen LogP contribution is -2.36. The Morgan fingerprint density at radius 1 is 1.67 bits per heavy atom. The molecule has 1 heterocycles. The van der Waals surface area contributed by atoms with Gasteiger partial charge >= 0.3 is 0 Å². The number of amides is 1. The van der Waals surface area contributed by atoms with E-state index in [1.807, 2.05) is 6.92 Å². The topological polar surface area (TPSA) is 75.1 Å². The minimum absolute atomic E-state index is 0.0473. The van der Waals surface area contributed by atoms with Crippen molar-refractivity contribution >= 4 is 29.0 Å². The molecule has 5 nitrogen and oxygen atoms in total. The van der Waals surface area contributed by atoms with E-state index in [4.69, 9.17) is 5.11 Å². The summed E-state index contributed by atoms with van der Waals surface area (Å²) >= 11 is 2.82. The molecule has 0 saturated carbocycles. The zero-order chi connectivity index (χ0) is 11.3. The quantitative estimate of drug-likeness (QED) is 0.738. The number of nitrogens with one attached hydrogen (secondary N) is 1. The fourth-order valence-corrected chi connectivity index (χ4v) is 2.45. The molecule has 1 rings (SSSR count). The Morgan fingerprint density at radius 2 is 2.40 bits per heavy atom. The third kappa shape index (κ3) is 4.59. The summed E-state index contributed by atoms with van der Waals surface area (Å²) in [5, 5.41) is 20.0. The lowest BCUT2D eigenvalue weighted by Gasteiger charge is -2.09. The van der Waals surface area contributed by atoms with E-state index in [0.717, 1.165) is 9.35 Å². The van der Waals surface area contributed by atoms with Crippen LogP contribution in [0.4, 0.5) is 0 Å². The van der Waals surface area contributed by atoms with Gasteiger partial charge < -0.3 is 10.4 Å². The van der Waals surface area contributed by atoms with Crippen molar-refractivity contribution in [3.05, 3.63) is 5.01 Å². The number of carbonyl (C=O) groups is 1. The summed E-state index contributed by atoms with van der Waals surface area (Å²) in [6, 6.07) is -0.200. The van der Waals surface area contributed by atoms with Crippen LogP contribution in [0.15, 0.2) is 4.34 Å². The lowest BCUT2D eigenvalue weighted by atomic mass is 10.4. The molecule has 1 atom stereocenters. The molecule has 7 heteroatoms. The highest BCUT2D eigenvalue weighted by atomic mass is 32.2. The Hall–Kier alpha value is -0.660. The summed E-state index contributed by atoms with van der Waals surface area (Å²) in [6.45, 7) is 3.57. The highest BCUT2D eigenvalue weighted by Gasteiger charge is 2.08. The van der Waals surface area contributed by atoms with Crippen molar-refractivity contribution in [3.63, 3.8) is 0 Å². The molecule has 0 unspecified atom stereocenters.